The summed E-state index contributed by atoms with van der Waals surface area (Å²) < 4.78 is 14.3. The summed E-state index contributed by atoms with van der Waals surface area (Å²) in [7, 11) is 0. The molecule has 144 valence electrons. The average molecular weight is 369 g/mol. The Balaban J connectivity index is 1.95. The van der Waals surface area contributed by atoms with Gasteiger partial charge >= 0.3 is 5.97 Å². The molecule has 1 N–H and O–H groups in total. The van der Waals surface area contributed by atoms with Crippen LogP contribution in [0.1, 0.15) is 75.3 Å². The highest BCUT2D eigenvalue weighted by molar-refractivity contribution is 5.77. The zero-order valence-electron chi connectivity index (χ0n) is 16.0. The maximum atomic E-state index is 14.3. The minimum absolute atomic E-state index is 0.0161. The van der Waals surface area contributed by atoms with Gasteiger partial charge in [0.1, 0.15) is 11.9 Å². The third-order valence-electron chi connectivity index (χ3n) is 6.83. The van der Waals surface area contributed by atoms with E-state index >= 15 is 0 Å². The van der Waals surface area contributed by atoms with Crippen molar-refractivity contribution >= 4 is 5.97 Å². The van der Waals surface area contributed by atoms with Gasteiger partial charge in [0.15, 0.2) is 0 Å². The molecule has 2 fully saturated rings. The van der Waals surface area contributed by atoms with E-state index < -0.39 is 17.2 Å². The van der Waals surface area contributed by atoms with Crippen LogP contribution in [0.2, 0.25) is 0 Å². The van der Waals surface area contributed by atoms with Gasteiger partial charge in [-0.1, -0.05) is 31.1 Å². The SMILES string of the molecule is C/C=C/[C@H]1CC[C@H]([C@@]2(C(=O)O)CCCCC2c2ccc(C#N)c(F)c2)CC1. The zero-order chi connectivity index (χ0) is 19.4. The number of nitriles is 1. The van der Waals surface area contributed by atoms with Gasteiger partial charge < -0.3 is 5.11 Å². The van der Waals surface area contributed by atoms with Gasteiger partial charge in [0.2, 0.25) is 0 Å². The standard InChI is InChI=1S/C23H28FNO2/c1-2-5-16-7-11-19(12-8-16)23(22(26)27)13-4-3-6-20(23)17-9-10-18(15-25)21(24)14-17/h2,5,9-10,14,16,19-20H,3-4,6-8,11-13H2,1H3,(H,26,27)/b5-2+/t16-,19-,20?,23-/m0/s1. The fraction of sp³-hybridized carbons (Fsp3) is 0.565. The van der Waals surface area contributed by atoms with E-state index in [-0.39, 0.29) is 17.4 Å². The predicted molar refractivity (Wildman–Crippen MR) is 103 cm³/mol. The number of carboxylic acids is 1. The summed E-state index contributed by atoms with van der Waals surface area (Å²) in [6, 6.07) is 6.51. The molecule has 1 unspecified atom stereocenters. The van der Waals surface area contributed by atoms with Crippen LogP contribution in [-0.2, 0) is 4.79 Å². The first kappa shape index (κ1) is 19.6. The maximum Gasteiger partial charge on any atom is 0.310 e. The summed E-state index contributed by atoms with van der Waals surface area (Å²) in [6.07, 6.45) is 11.5. The Morgan fingerprint density at radius 2 is 2.00 bits per heavy atom. The second-order valence-corrected chi connectivity index (χ2v) is 8.13. The lowest BCUT2D eigenvalue weighted by Crippen LogP contribution is -2.47. The van der Waals surface area contributed by atoms with Gasteiger partial charge in [-0.15, -0.1) is 0 Å². The van der Waals surface area contributed by atoms with Crippen molar-refractivity contribution in [2.45, 2.75) is 64.2 Å². The number of aliphatic carboxylic acids is 1. The van der Waals surface area contributed by atoms with Crippen LogP contribution in [0.4, 0.5) is 4.39 Å². The summed E-state index contributed by atoms with van der Waals surface area (Å²) in [5.41, 5.74) is -0.0637. The molecule has 0 amide bonds. The maximum absolute atomic E-state index is 14.3. The molecule has 0 heterocycles. The summed E-state index contributed by atoms with van der Waals surface area (Å²) in [6.45, 7) is 2.03. The molecule has 0 aromatic heterocycles. The van der Waals surface area contributed by atoms with Gasteiger partial charge in [-0.3, -0.25) is 4.79 Å². The number of benzene rings is 1. The Hall–Kier alpha value is -2.15. The van der Waals surface area contributed by atoms with Crippen molar-refractivity contribution in [1.82, 2.24) is 0 Å². The summed E-state index contributed by atoms with van der Waals surface area (Å²) >= 11 is 0. The molecule has 1 aromatic rings. The molecule has 2 saturated carbocycles. The van der Waals surface area contributed by atoms with E-state index in [1.807, 2.05) is 13.0 Å². The Labute approximate surface area is 160 Å². The lowest BCUT2D eigenvalue weighted by atomic mass is 9.54. The first-order chi connectivity index (χ1) is 13.0. The van der Waals surface area contributed by atoms with Gasteiger partial charge in [0, 0.05) is 5.92 Å². The highest BCUT2D eigenvalue weighted by atomic mass is 19.1. The molecule has 4 heteroatoms. The Morgan fingerprint density at radius 1 is 1.26 bits per heavy atom. The molecule has 0 bridgehead atoms. The fourth-order valence-electron chi connectivity index (χ4n) is 5.52. The average Bonchev–Trinajstić information content (AvgIpc) is 2.68. The number of nitrogens with zero attached hydrogens (tertiary/aromatic N) is 1. The second-order valence-electron chi connectivity index (χ2n) is 8.13. The highest BCUT2D eigenvalue weighted by Crippen LogP contribution is 2.56. The molecular weight excluding hydrogens is 341 g/mol. The highest BCUT2D eigenvalue weighted by Gasteiger charge is 2.53. The second kappa shape index (κ2) is 8.25. The van der Waals surface area contributed by atoms with Crippen LogP contribution < -0.4 is 0 Å². The number of carbonyl (C=O) groups is 1. The third-order valence-corrected chi connectivity index (χ3v) is 6.83. The van der Waals surface area contributed by atoms with Crippen LogP contribution in [0.3, 0.4) is 0 Å². The zero-order valence-corrected chi connectivity index (χ0v) is 16.0. The molecule has 2 aliphatic carbocycles. The van der Waals surface area contributed by atoms with E-state index in [1.54, 1.807) is 6.07 Å². The summed E-state index contributed by atoms with van der Waals surface area (Å²) in [4.78, 5) is 12.6. The molecule has 0 radical (unpaired) electrons. The molecule has 1 aromatic carbocycles. The molecule has 3 nitrogen and oxygen atoms in total. The van der Waals surface area contributed by atoms with E-state index in [2.05, 4.69) is 12.2 Å². The molecule has 2 atom stereocenters. The fourth-order valence-corrected chi connectivity index (χ4v) is 5.52. The van der Waals surface area contributed by atoms with Crippen LogP contribution in [0, 0.1) is 34.4 Å². The quantitative estimate of drug-likeness (QED) is 0.681. The third kappa shape index (κ3) is 3.65. The van der Waals surface area contributed by atoms with E-state index in [4.69, 9.17) is 5.26 Å². The smallest absolute Gasteiger partial charge is 0.310 e. The minimum Gasteiger partial charge on any atom is -0.481 e. The summed E-state index contributed by atoms with van der Waals surface area (Å²) in [5.74, 6) is -0.788. The van der Waals surface area contributed by atoms with Gasteiger partial charge in [-0.25, -0.2) is 4.39 Å². The van der Waals surface area contributed by atoms with Crippen molar-refractivity contribution in [2.75, 3.05) is 0 Å². The van der Waals surface area contributed by atoms with Gasteiger partial charge in [-0.05, 0) is 75.0 Å². The normalized spacial score (nSPS) is 31.5. The molecule has 0 spiro atoms. The topological polar surface area (TPSA) is 61.1 Å². The van der Waals surface area contributed by atoms with Crippen LogP contribution >= 0.6 is 0 Å². The van der Waals surface area contributed by atoms with E-state index in [0.717, 1.165) is 50.5 Å². The van der Waals surface area contributed by atoms with Crippen LogP contribution in [0.5, 0.6) is 0 Å². The lowest BCUT2D eigenvalue weighted by Gasteiger charge is -2.48. The van der Waals surface area contributed by atoms with Crippen molar-refractivity contribution < 1.29 is 14.3 Å². The number of hydrogen-bond acceptors (Lipinski definition) is 2. The largest absolute Gasteiger partial charge is 0.481 e. The number of hydrogen-bond donors (Lipinski definition) is 1. The Morgan fingerprint density at radius 3 is 2.59 bits per heavy atom. The van der Waals surface area contributed by atoms with Crippen molar-refractivity contribution in [3.8, 4) is 6.07 Å². The van der Waals surface area contributed by atoms with E-state index in [1.165, 1.54) is 12.1 Å². The van der Waals surface area contributed by atoms with Crippen molar-refractivity contribution in [3.63, 3.8) is 0 Å². The first-order valence-electron chi connectivity index (χ1n) is 10.1. The van der Waals surface area contributed by atoms with Crippen molar-refractivity contribution in [2.24, 2.45) is 17.3 Å². The van der Waals surface area contributed by atoms with Gasteiger partial charge in [-0.2, -0.15) is 5.26 Å². The molecule has 3 rings (SSSR count). The first-order valence-corrected chi connectivity index (χ1v) is 10.1. The minimum atomic E-state index is -0.820. The van der Waals surface area contributed by atoms with E-state index in [0.29, 0.717) is 12.3 Å². The number of halogens is 1. The molecule has 0 saturated heterocycles. The van der Waals surface area contributed by atoms with Crippen molar-refractivity contribution in [3.05, 3.63) is 47.3 Å². The van der Waals surface area contributed by atoms with Crippen LogP contribution in [0.15, 0.2) is 30.4 Å². The molecule has 0 aliphatic heterocycles. The van der Waals surface area contributed by atoms with Crippen molar-refractivity contribution in [1.29, 1.82) is 5.26 Å². The Kier molecular flexibility index (Phi) is 5.99. The van der Waals surface area contributed by atoms with Crippen LogP contribution in [0.25, 0.3) is 0 Å². The number of carboxylic acid groups (broad SMARTS) is 1. The van der Waals surface area contributed by atoms with E-state index in [9.17, 15) is 14.3 Å². The molecule has 27 heavy (non-hydrogen) atoms. The van der Waals surface area contributed by atoms with Crippen LogP contribution in [-0.4, -0.2) is 11.1 Å². The van der Waals surface area contributed by atoms with Gasteiger partial charge in [0.05, 0.1) is 11.0 Å². The summed E-state index contributed by atoms with van der Waals surface area (Å²) in [5, 5.41) is 19.3. The molecule has 2 aliphatic rings. The lowest BCUT2D eigenvalue weighted by molar-refractivity contribution is -0.159. The monoisotopic (exact) mass is 369 g/mol. The predicted octanol–water partition coefficient (Wildman–Crippen LogP) is 5.81. The number of allylic oxidation sites excluding steroid dienone is 2. The molecular formula is C23H28FNO2. The van der Waals surface area contributed by atoms with Gasteiger partial charge in [0.25, 0.3) is 0 Å². The Bertz CT molecular complexity index is 758. The number of rotatable bonds is 4.